The molecule has 0 spiro atoms. The third kappa shape index (κ3) is 3.64. The van der Waals surface area contributed by atoms with E-state index < -0.39 is 36.1 Å². The first-order valence-corrected chi connectivity index (χ1v) is 7.97. The molecule has 2 aromatic carbocycles. The molecule has 0 aliphatic heterocycles. The Morgan fingerprint density at radius 3 is 2.33 bits per heavy atom. The number of sulfonamides is 1. The monoisotopic (exact) mass is 352 g/mol. The van der Waals surface area contributed by atoms with Crippen molar-refractivity contribution >= 4 is 27.1 Å². The van der Waals surface area contributed by atoms with Gasteiger partial charge >= 0.3 is 0 Å². The number of nitro groups is 2. The zero-order valence-corrected chi connectivity index (χ0v) is 12.9. The van der Waals surface area contributed by atoms with E-state index in [9.17, 15) is 28.6 Å². The van der Waals surface area contributed by atoms with Gasteiger partial charge in [-0.15, -0.1) is 0 Å². The van der Waals surface area contributed by atoms with E-state index in [1.165, 1.54) is 12.1 Å². The van der Waals surface area contributed by atoms with Crippen molar-refractivity contribution in [3.8, 4) is 0 Å². The number of nitrogens with zero attached hydrogens (tertiary/aromatic N) is 2. The van der Waals surface area contributed by atoms with Crippen LogP contribution in [0.4, 0.5) is 17.1 Å². The Bertz CT molecular complexity index is 912. The molecule has 0 amide bonds. The van der Waals surface area contributed by atoms with E-state index >= 15 is 0 Å². The first kappa shape index (κ1) is 17.3. The molecule has 0 aliphatic rings. The average Bonchev–Trinajstić information content (AvgIpc) is 2.53. The van der Waals surface area contributed by atoms with Gasteiger partial charge in [-0.2, -0.15) is 0 Å². The molecule has 0 aromatic heterocycles. The van der Waals surface area contributed by atoms with Crippen molar-refractivity contribution in [3.05, 3.63) is 68.3 Å². The molecule has 0 bridgehead atoms. The topological polar surface area (TPSA) is 158 Å². The number of nitro benzene ring substituents is 2. The number of hydrogen-bond donors (Lipinski definition) is 2. The summed E-state index contributed by atoms with van der Waals surface area (Å²) in [6.45, 7) is 0.188. The minimum Gasteiger partial charge on any atom is -0.326 e. The van der Waals surface area contributed by atoms with Crippen molar-refractivity contribution < 1.29 is 18.3 Å². The molecule has 10 nitrogen and oxygen atoms in total. The SMILES string of the molecule is NCc1cccc(NS(=O)(=O)c2ccc([N+](=O)[O-])cc2[N+](=O)[O-])c1. The quantitative estimate of drug-likeness (QED) is 0.592. The molecule has 0 saturated heterocycles. The molecular formula is C13H12N4O6S. The summed E-state index contributed by atoms with van der Waals surface area (Å²) >= 11 is 0. The molecule has 24 heavy (non-hydrogen) atoms. The van der Waals surface area contributed by atoms with Gasteiger partial charge in [0.05, 0.1) is 15.9 Å². The lowest BCUT2D eigenvalue weighted by molar-refractivity contribution is -0.396. The van der Waals surface area contributed by atoms with E-state index in [2.05, 4.69) is 4.72 Å². The Kier molecular flexibility index (Phi) is 4.76. The Morgan fingerprint density at radius 1 is 1.04 bits per heavy atom. The molecule has 2 aromatic rings. The van der Waals surface area contributed by atoms with E-state index in [0.29, 0.717) is 11.6 Å². The summed E-state index contributed by atoms with van der Waals surface area (Å²) in [7, 11) is -4.31. The minimum absolute atomic E-state index is 0.172. The molecule has 2 rings (SSSR count). The highest BCUT2D eigenvalue weighted by atomic mass is 32.2. The first-order valence-electron chi connectivity index (χ1n) is 6.49. The molecule has 0 saturated carbocycles. The van der Waals surface area contributed by atoms with Gasteiger partial charge in [-0.25, -0.2) is 8.42 Å². The summed E-state index contributed by atoms with van der Waals surface area (Å²) in [6.07, 6.45) is 0. The van der Waals surface area contributed by atoms with Crippen molar-refractivity contribution in [1.82, 2.24) is 0 Å². The number of nitrogens with two attached hydrogens (primary N) is 1. The van der Waals surface area contributed by atoms with Gasteiger partial charge in [0.25, 0.3) is 21.4 Å². The fourth-order valence-electron chi connectivity index (χ4n) is 1.96. The fourth-order valence-corrected chi connectivity index (χ4v) is 3.16. The Labute approximate surface area is 136 Å². The third-order valence-corrected chi connectivity index (χ3v) is 4.48. The number of benzene rings is 2. The van der Waals surface area contributed by atoms with E-state index in [1.807, 2.05) is 0 Å². The lowest BCUT2D eigenvalue weighted by Crippen LogP contribution is -2.15. The zero-order chi connectivity index (χ0) is 17.9. The minimum atomic E-state index is -4.31. The predicted molar refractivity (Wildman–Crippen MR) is 84.9 cm³/mol. The maximum absolute atomic E-state index is 12.4. The van der Waals surface area contributed by atoms with Crippen LogP contribution in [0.2, 0.25) is 0 Å². The van der Waals surface area contributed by atoms with E-state index in [4.69, 9.17) is 5.73 Å². The average molecular weight is 352 g/mol. The van der Waals surface area contributed by atoms with E-state index in [1.54, 1.807) is 12.1 Å². The molecule has 0 atom stereocenters. The maximum atomic E-state index is 12.4. The molecule has 0 heterocycles. The Morgan fingerprint density at radius 2 is 1.75 bits per heavy atom. The summed E-state index contributed by atoms with van der Waals surface area (Å²) in [5.74, 6) is 0. The smallest absolute Gasteiger partial charge is 0.296 e. The lowest BCUT2D eigenvalue weighted by atomic mass is 10.2. The summed E-state index contributed by atoms with van der Waals surface area (Å²) in [5.41, 5.74) is 4.84. The van der Waals surface area contributed by atoms with Crippen LogP contribution in [-0.2, 0) is 16.6 Å². The van der Waals surface area contributed by atoms with Crippen LogP contribution >= 0.6 is 0 Å². The highest BCUT2D eigenvalue weighted by Crippen LogP contribution is 2.29. The van der Waals surface area contributed by atoms with Gasteiger partial charge in [0.2, 0.25) is 0 Å². The summed E-state index contributed by atoms with van der Waals surface area (Å²) in [6, 6.07) is 8.51. The normalized spacial score (nSPS) is 11.0. The number of hydrogen-bond acceptors (Lipinski definition) is 7. The lowest BCUT2D eigenvalue weighted by Gasteiger charge is -2.09. The van der Waals surface area contributed by atoms with Crippen molar-refractivity contribution in [2.45, 2.75) is 11.4 Å². The van der Waals surface area contributed by atoms with Crippen LogP contribution < -0.4 is 10.5 Å². The van der Waals surface area contributed by atoms with Crippen molar-refractivity contribution in [1.29, 1.82) is 0 Å². The molecule has 126 valence electrons. The highest BCUT2D eigenvalue weighted by Gasteiger charge is 2.28. The molecular weight excluding hydrogens is 340 g/mol. The van der Waals surface area contributed by atoms with Crippen molar-refractivity contribution in [3.63, 3.8) is 0 Å². The van der Waals surface area contributed by atoms with Gasteiger partial charge in [-0.05, 0) is 23.8 Å². The highest BCUT2D eigenvalue weighted by molar-refractivity contribution is 7.92. The number of rotatable bonds is 6. The molecule has 11 heteroatoms. The fraction of sp³-hybridized carbons (Fsp3) is 0.0769. The van der Waals surface area contributed by atoms with E-state index in [-0.39, 0.29) is 12.2 Å². The number of anilines is 1. The second kappa shape index (κ2) is 6.60. The van der Waals surface area contributed by atoms with Gasteiger partial charge < -0.3 is 5.73 Å². The van der Waals surface area contributed by atoms with E-state index in [0.717, 1.165) is 12.1 Å². The largest absolute Gasteiger partial charge is 0.326 e. The van der Waals surface area contributed by atoms with Crippen LogP contribution in [0.5, 0.6) is 0 Å². The van der Waals surface area contributed by atoms with Gasteiger partial charge in [0.1, 0.15) is 0 Å². The zero-order valence-electron chi connectivity index (χ0n) is 12.1. The van der Waals surface area contributed by atoms with Gasteiger partial charge in [0, 0.05) is 18.3 Å². The second-order valence-corrected chi connectivity index (χ2v) is 6.33. The third-order valence-electron chi connectivity index (χ3n) is 3.05. The van der Waals surface area contributed by atoms with Crippen LogP contribution in [0.3, 0.4) is 0 Å². The summed E-state index contributed by atoms with van der Waals surface area (Å²) < 4.78 is 27.0. The van der Waals surface area contributed by atoms with Crippen LogP contribution in [0.1, 0.15) is 5.56 Å². The first-order chi connectivity index (χ1) is 11.2. The Balaban J connectivity index is 2.48. The molecule has 0 radical (unpaired) electrons. The molecule has 0 aliphatic carbocycles. The molecule has 0 unspecified atom stereocenters. The van der Waals surface area contributed by atoms with Gasteiger partial charge in [-0.3, -0.25) is 25.0 Å². The standard InChI is InChI=1S/C13H12N4O6S/c14-8-9-2-1-3-10(6-9)15-24(22,23)13-5-4-11(16(18)19)7-12(13)17(20)21/h1-7,15H,8,14H2. The van der Waals surface area contributed by atoms with Crippen molar-refractivity contribution in [2.75, 3.05) is 4.72 Å². The van der Waals surface area contributed by atoms with Crippen LogP contribution in [0.15, 0.2) is 47.4 Å². The summed E-state index contributed by atoms with van der Waals surface area (Å²) in [4.78, 5) is 19.3. The predicted octanol–water partition coefficient (Wildman–Crippen LogP) is 1.76. The van der Waals surface area contributed by atoms with Crippen LogP contribution in [0.25, 0.3) is 0 Å². The molecule has 0 fully saturated rings. The number of non-ortho nitro benzene ring substituents is 1. The number of nitrogens with one attached hydrogen (secondary N) is 1. The van der Waals surface area contributed by atoms with Gasteiger partial charge in [0.15, 0.2) is 4.90 Å². The second-order valence-electron chi connectivity index (χ2n) is 4.68. The van der Waals surface area contributed by atoms with Gasteiger partial charge in [-0.1, -0.05) is 12.1 Å². The van der Waals surface area contributed by atoms with Crippen LogP contribution in [-0.4, -0.2) is 18.3 Å². The maximum Gasteiger partial charge on any atom is 0.296 e. The summed E-state index contributed by atoms with van der Waals surface area (Å²) in [5, 5.41) is 21.8. The molecule has 3 N–H and O–H groups in total. The van der Waals surface area contributed by atoms with Crippen molar-refractivity contribution in [2.24, 2.45) is 5.73 Å². The Hall–Kier alpha value is -3.05. The van der Waals surface area contributed by atoms with Crippen LogP contribution in [0, 0.1) is 20.2 Å².